The summed E-state index contributed by atoms with van der Waals surface area (Å²) >= 11 is 1.40. The molecule has 94 valence electrons. The van der Waals surface area contributed by atoms with Crippen LogP contribution in [0.15, 0.2) is 5.38 Å². The lowest BCUT2D eigenvalue weighted by atomic mass is 10.4. The minimum atomic E-state index is -0.354. The van der Waals surface area contributed by atoms with Gasteiger partial charge in [0.2, 0.25) is 0 Å². The lowest BCUT2D eigenvalue weighted by Crippen LogP contribution is -2.26. The number of carbonyl (C=O) groups is 2. The SMILES string of the molecule is COC(=O)CCNC(=O)c1csc(CCN)n1. The van der Waals surface area contributed by atoms with Crippen molar-refractivity contribution in [3.8, 4) is 0 Å². The highest BCUT2D eigenvalue weighted by molar-refractivity contribution is 7.09. The van der Waals surface area contributed by atoms with Crippen LogP contribution in [-0.2, 0) is 16.0 Å². The molecule has 0 fully saturated rings. The van der Waals surface area contributed by atoms with Crippen molar-refractivity contribution in [2.24, 2.45) is 5.73 Å². The smallest absolute Gasteiger partial charge is 0.307 e. The quantitative estimate of drug-likeness (QED) is 0.696. The molecule has 1 heterocycles. The molecule has 1 amide bonds. The van der Waals surface area contributed by atoms with E-state index in [0.29, 0.717) is 18.7 Å². The van der Waals surface area contributed by atoms with Gasteiger partial charge in [0.15, 0.2) is 0 Å². The Bertz CT molecular complexity index is 392. The van der Waals surface area contributed by atoms with Crippen molar-refractivity contribution in [3.63, 3.8) is 0 Å². The third kappa shape index (κ3) is 4.49. The number of esters is 1. The summed E-state index contributed by atoms with van der Waals surface area (Å²) in [5.74, 6) is -0.638. The second-order valence-corrected chi connectivity index (χ2v) is 4.19. The molecule has 1 aromatic heterocycles. The number of carbonyl (C=O) groups excluding carboxylic acids is 2. The van der Waals surface area contributed by atoms with Crippen molar-refractivity contribution < 1.29 is 14.3 Å². The molecular formula is C10H15N3O3S. The van der Waals surface area contributed by atoms with E-state index in [4.69, 9.17) is 5.73 Å². The Morgan fingerprint density at radius 2 is 2.35 bits per heavy atom. The van der Waals surface area contributed by atoms with Gasteiger partial charge in [-0.25, -0.2) is 4.98 Å². The number of hydrogen-bond donors (Lipinski definition) is 2. The number of nitrogens with two attached hydrogens (primary N) is 1. The molecule has 0 spiro atoms. The molecule has 0 saturated carbocycles. The van der Waals surface area contributed by atoms with Crippen LogP contribution in [0.25, 0.3) is 0 Å². The predicted octanol–water partition coefficient (Wildman–Crippen LogP) is -0.0628. The maximum atomic E-state index is 11.6. The predicted molar refractivity (Wildman–Crippen MR) is 63.8 cm³/mol. The van der Waals surface area contributed by atoms with Gasteiger partial charge in [-0.1, -0.05) is 0 Å². The zero-order valence-corrected chi connectivity index (χ0v) is 10.4. The van der Waals surface area contributed by atoms with Crippen molar-refractivity contribution in [2.45, 2.75) is 12.8 Å². The van der Waals surface area contributed by atoms with Gasteiger partial charge in [0.25, 0.3) is 5.91 Å². The highest BCUT2D eigenvalue weighted by Crippen LogP contribution is 2.09. The molecule has 7 heteroatoms. The zero-order valence-electron chi connectivity index (χ0n) is 9.56. The highest BCUT2D eigenvalue weighted by Gasteiger charge is 2.10. The van der Waals surface area contributed by atoms with E-state index in [9.17, 15) is 9.59 Å². The molecule has 0 aliphatic rings. The number of nitrogens with one attached hydrogen (secondary N) is 1. The highest BCUT2D eigenvalue weighted by atomic mass is 32.1. The Labute approximate surface area is 103 Å². The Morgan fingerprint density at radius 1 is 1.59 bits per heavy atom. The summed E-state index contributed by atoms with van der Waals surface area (Å²) in [6.07, 6.45) is 0.822. The van der Waals surface area contributed by atoms with E-state index in [1.165, 1.54) is 18.4 Å². The van der Waals surface area contributed by atoms with Crippen LogP contribution in [0.2, 0.25) is 0 Å². The third-order valence-corrected chi connectivity index (χ3v) is 2.89. The minimum absolute atomic E-state index is 0.155. The van der Waals surface area contributed by atoms with Crippen molar-refractivity contribution in [1.29, 1.82) is 0 Å². The fourth-order valence-electron chi connectivity index (χ4n) is 1.12. The monoisotopic (exact) mass is 257 g/mol. The van der Waals surface area contributed by atoms with E-state index in [1.54, 1.807) is 5.38 Å². The van der Waals surface area contributed by atoms with Gasteiger partial charge < -0.3 is 15.8 Å². The Kier molecular flexibility index (Phi) is 5.58. The van der Waals surface area contributed by atoms with Crippen LogP contribution in [0.3, 0.4) is 0 Å². The lowest BCUT2D eigenvalue weighted by Gasteiger charge is -2.01. The van der Waals surface area contributed by atoms with Gasteiger partial charge in [0, 0.05) is 18.3 Å². The Hall–Kier alpha value is -1.47. The Morgan fingerprint density at radius 3 is 3.00 bits per heavy atom. The standard InChI is InChI=1S/C10H15N3O3S/c1-16-9(14)3-5-12-10(15)7-6-17-8(13-7)2-4-11/h6H,2-5,11H2,1H3,(H,12,15). The molecular weight excluding hydrogens is 242 g/mol. The van der Waals surface area contributed by atoms with E-state index in [0.717, 1.165) is 5.01 Å². The maximum Gasteiger partial charge on any atom is 0.307 e. The number of hydrogen-bond acceptors (Lipinski definition) is 6. The molecule has 0 radical (unpaired) electrons. The molecule has 0 unspecified atom stereocenters. The molecule has 1 rings (SSSR count). The molecule has 0 atom stereocenters. The summed E-state index contributed by atoms with van der Waals surface area (Å²) < 4.78 is 4.46. The number of methoxy groups -OCH3 is 1. The molecule has 3 N–H and O–H groups in total. The van der Waals surface area contributed by atoms with Crippen LogP contribution in [0.1, 0.15) is 21.9 Å². The van der Waals surface area contributed by atoms with Crippen LogP contribution in [0.5, 0.6) is 0 Å². The molecule has 0 saturated heterocycles. The van der Waals surface area contributed by atoms with Crippen molar-refractivity contribution >= 4 is 23.2 Å². The first-order chi connectivity index (χ1) is 8.17. The summed E-state index contributed by atoms with van der Waals surface area (Å²) in [5.41, 5.74) is 5.75. The second-order valence-electron chi connectivity index (χ2n) is 3.25. The first-order valence-electron chi connectivity index (χ1n) is 5.17. The number of rotatable bonds is 6. The largest absolute Gasteiger partial charge is 0.469 e. The summed E-state index contributed by atoms with van der Waals surface area (Å²) in [6.45, 7) is 0.756. The first kappa shape index (κ1) is 13.6. The Balaban J connectivity index is 2.38. The van der Waals surface area contributed by atoms with E-state index in [2.05, 4.69) is 15.0 Å². The topological polar surface area (TPSA) is 94.3 Å². The molecule has 0 bridgehead atoms. The normalized spacial score (nSPS) is 10.0. The van der Waals surface area contributed by atoms with Crippen molar-refractivity contribution in [2.75, 3.05) is 20.2 Å². The summed E-state index contributed by atoms with van der Waals surface area (Å²) in [6, 6.07) is 0. The number of amides is 1. The van der Waals surface area contributed by atoms with Gasteiger partial charge in [0.1, 0.15) is 5.69 Å². The van der Waals surface area contributed by atoms with E-state index >= 15 is 0 Å². The van der Waals surface area contributed by atoms with Crippen LogP contribution < -0.4 is 11.1 Å². The average molecular weight is 257 g/mol. The van der Waals surface area contributed by atoms with Crippen LogP contribution in [0, 0.1) is 0 Å². The fraction of sp³-hybridized carbons (Fsp3) is 0.500. The number of aromatic nitrogens is 1. The van der Waals surface area contributed by atoms with E-state index in [-0.39, 0.29) is 24.8 Å². The van der Waals surface area contributed by atoms with Crippen molar-refractivity contribution in [1.82, 2.24) is 10.3 Å². The van der Waals surface area contributed by atoms with E-state index in [1.807, 2.05) is 0 Å². The number of nitrogens with zero attached hydrogens (tertiary/aromatic N) is 1. The fourth-order valence-corrected chi connectivity index (χ4v) is 1.92. The second kappa shape index (κ2) is 6.97. The van der Waals surface area contributed by atoms with Gasteiger partial charge in [-0.3, -0.25) is 9.59 Å². The summed E-state index contributed by atoms with van der Waals surface area (Å²) in [4.78, 5) is 26.5. The third-order valence-electron chi connectivity index (χ3n) is 1.98. The van der Waals surface area contributed by atoms with E-state index < -0.39 is 0 Å². The first-order valence-corrected chi connectivity index (χ1v) is 6.04. The maximum absolute atomic E-state index is 11.6. The molecule has 0 aliphatic heterocycles. The lowest BCUT2D eigenvalue weighted by molar-refractivity contribution is -0.140. The average Bonchev–Trinajstić information content (AvgIpc) is 2.78. The molecule has 17 heavy (non-hydrogen) atoms. The van der Waals surface area contributed by atoms with Gasteiger partial charge in [-0.05, 0) is 6.54 Å². The number of ether oxygens (including phenoxy) is 1. The van der Waals surface area contributed by atoms with Crippen molar-refractivity contribution in [3.05, 3.63) is 16.1 Å². The van der Waals surface area contributed by atoms with Gasteiger partial charge >= 0.3 is 5.97 Å². The zero-order chi connectivity index (χ0) is 12.7. The van der Waals surface area contributed by atoms with Gasteiger partial charge in [0.05, 0.1) is 18.5 Å². The van der Waals surface area contributed by atoms with Crippen LogP contribution >= 0.6 is 11.3 Å². The summed E-state index contributed by atoms with van der Waals surface area (Å²) in [5, 5.41) is 5.11. The molecule has 1 aromatic rings. The van der Waals surface area contributed by atoms with Gasteiger partial charge in [-0.2, -0.15) is 0 Å². The number of thiazole rings is 1. The molecule has 0 aromatic carbocycles. The molecule has 6 nitrogen and oxygen atoms in total. The van der Waals surface area contributed by atoms with Crippen LogP contribution in [0.4, 0.5) is 0 Å². The molecule has 0 aliphatic carbocycles. The minimum Gasteiger partial charge on any atom is -0.469 e. The van der Waals surface area contributed by atoms with Crippen LogP contribution in [-0.4, -0.2) is 37.1 Å². The van der Waals surface area contributed by atoms with Gasteiger partial charge in [-0.15, -0.1) is 11.3 Å². The summed E-state index contributed by atoms with van der Waals surface area (Å²) in [7, 11) is 1.31.